The molecule has 1 aromatic carbocycles. The van der Waals surface area contributed by atoms with E-state index in [1.165, 1.54) is 6.07 Å². The average Bonchev–Trinajstić information content (AvgIpc) is 2.71. The SMILES string of the molecule is O=C(O)c1cccc(OC2CCOC2)c1. The molecule has 0 aliphatic carbocycles. The number of benzene rings is 1. The summed E-state index contributed by atoms with van der Waals surface area (Å²) in [6.45, 7) is 1.29. The zero-order chi connectivity index (χ0) is 10.7. The maximum absolute atomic E-state index is 10.7. The second-order valence-electron chi connectivity index (χ2n) is 3.44. The van der Waals surface area contributed by atoms with Gasteiger partial charge in [-0.1, -0.05) is 6.07 Å². The van der Waals surface area contributed by atoms with Crippen LogP contribution in [0.15, 0.2) is 24.3 Å². The smallest absolute Gasteiger partial charge is 0.335 e. The number of carbonyl (C=O) groups is 1. The number of aromatic carboxylic acids is 1. The van der Waals surface area contributed by atoms with E-state index in [1.54, 1.807) is 18.2 Å². The van der Waals surface area contributed by atoms with Crippen LogP contribution in [-0.4, -0.2) is 30.4 Å². The first-order valence-corrected chi connectivity index (χ1v) is 4.83. The molecule has 1 heterocycles. The van der Waals surface area contributed by atoms with Crippen molar-refractivity contribution >= 4 is 5.97 Å². The Labute approximate surface area is 87.4 Å². The second kappa shape index (κ2) is 4.31. The lowest BCUT2D eigenvalue weighted by Crippen LogP contribution is -2.15. The maximum atomic E-state index is 10.7. The predicted octanol–water partition coefficient (Wildman–Crippen LogP) is 1.55. The van der Waals surface area contributed by atoms with E-state index < -0.39 is 5.97 Å². The van der Waals surface area contributed by atoms with Crippen molar-refractivity contribution in [2.45, 2.75) is 12.5 Å². The largest absolute Gasteiger partial charge is 0.488 e. The van der Waals surface area contributed by atoms with Gasteiger partial charge in [0.25, 0.3) is 0 Å². The number of carboxylic acids is 1. The Morgan fingerprint density at radius 2 is 2.40 bits per heavy atom. The van der Waals surface area contributed by atoms with Gasteiger partial charge in [-0.3, -0.25) is 0 Å². The van der Waals surface area contributed by atoms with Gasteiger partial charge in [0.15, 0.2) is 0 Å². The Hall–Kier alpha value is -1.55. The zero-order valence-corrected chi connectivity index (χ0v) is 8.18. The van der Waals surface area contributed by atoms with Gasteiger partial charge in [-0.25, -0.2) is 4.79 Å². The summed E-state index contributed by atoms with van der Waals surface area (Å²) in [7, 11) is 0. The maximum Gasteiger partial charge on any atom is 0.335 e. The zero-order valence-electron chi connectivity index (χ0n) is 8.18. The summed E-state index contributed by atoms with van der Waals surface area (Å²) in [6, 6.07) is 6.50. The molecule has 1 atom stereocenters. The lowest BCUT2D eigenvalue weighted by atomic mass is 10.2. The number of ether oxygens (including phenoxy) is 2. The van der Waals surface area contributed by atoms with E-state index in [4.69, 9.17) is 14.6 Å². The number of rotatable bonds is 3. The third-order valence-electron chi connectivity index (χ3n) is 2.27. The molecule has 0 bridgehead atoms. The van der Waals surface area contributed by atoms with Crippen LogP contribution in [0, 0.1) is 0 Å². The molecule has 4 nitrogen and oxygen atoms in total. The fourth-order valence-corrected chi connectivity index (χ4v) is 1.50. The molecule has 15 heavy (non-hydrogen) atoms. The van der Waals surface area contributed by atoms with Crippen LogP contribution in [0.5, 0.6) is 5.75 Å². The van der Waals surface area contributed by atoms with Gasteiger partial charge >= 0.3 is 5.97 Å². The minimum atomic E-state index is -0.942. The standard InChI is InChI=1S/C11H12O4/c12-11(13)8-2-1-3-9(6-8)15-10-4-5-14-7-10/h1-3,6,10H,4-5,7H2,(H,12,13). The van der Waals surface area contributed by atoms with Crippen LogP contribution in [0.25, 0.3) is 0 Å². The molecule has 0 amide bonds. The van der Waals surface area contributed by atoms with Gasteiger partial charge in [-0.15, -0.1) is 0 Å². The van der Waals surface area contributed by atoms with Crippen LogP contribution in [0.3, 0.4) is 0 Å². The molecule has 1 aromatic rings. The van der Waals surface area contributed by atoms with E-state index in [9.17, 15) is 4.79 Å². The van der Waals surface area contributed by atoms with Crippen molar-refractivity contribution in [3.8, 4) is 5.75 Å². The van der Waals surface area contributed by atoms with Crippen molar-refractivity contribution < 1.29 is 19.4 Å². The third kappa shape index (κ3) is 2.47. The van der Waals surface area contributed by atoms with Gasteiger partial charge in [0, 0.05) is 6.42 Å². The van der Waals surface area contributed by atoms with Crippen LogP contribution in [0.2, 0.25) is 0 Å². The minimum Gasteiger partial charge on any atom is -0.488 e. The highest BCUT2D eigenvalue weighted by molar-refractivity contribution is 5.87. The highest BCUT2D eigenvalue weighted by Gasteiger charge is 2.17. The summed E-state index contributed by atoms with van der Waals surface area (Å²) in [5.74, 6) is -0.353. The molecule has 1 fully saturated rings. The van der Waals surface area contributed by atoms with Crippen molar-refractivity contribution in [2.24, 2.45) is 0 Å². The van der Waals surface area contributed by atoms with Crippen LogP contribution in [0.4, 0.5) is 0 Å². The number of carboxylic acid groups (broad SMARTS) is 1. The van der Waals surface area contributed by atoms with Gasteiger partial charge in [0.05, 0.1) is 18.8 Å². The average molecular weight is 208 g/mol. The third-order valence-corrected chi connectivity index (χ3v) is 2.27. The molecule has 1 aliphatic rings. The molecule has 1 saturated heterocycles. The number of hydrogen-bond donors (Lipinski definition) is 1. The number of hydrogen-bond acceptors (Lipinski definition) is 3. The van der Waals surface area contributed by atoms with Crippen molar-refractivity contribution in [3.05, 3.63) is 29.8 Å². The summed E-state index contributed by atoms with van der Waals surface area (Å²) in [6.07, 6.45) is 0.908. The van der Waals surface area contributed by atoms with Gasteiger partial charge in [0.1, 0.15) is 11.9 Å². The minimum absolute atomic E-state index is 0.0500. The van der Waals surface area contributed by atoms with Crippen molar-refractivity contribution in [1.82, 2.24) is 0 Å². The summed E-state index contributed by atoms with van der Waals surface area (Å²) in [5.41, 5.74) is 0.242. The molecule has 2 rings (SSSR count). The van der Waals surface area contributed by atoms with Crippen molar-refractivity contribution in [2.75, 3.05) is 13.2 Å². The van der Waals surface area contributed by atoms with E-state index in [0.29, 0.717) is 19.0 Å². The van der Waals surface area contributed by atoms with Crippen molar-refractivity contribution in [1.29, 1.82) is 0 Å². The Morgan fingerprint density at radius 1 is 1.53 bits per heavy atom. The molecule has 0 aromatic heterocycles. The summed E-state index contributed by atoms with van der Waals surface area (Å²) in [5, 5.41) is 8.79. The molecule has 0 spiro atoms. The van der Waals surface area contributed by atoms with Gasteiger partial charge in [-0.2, -0.15) is 0 Å². The lowest BCUT2D eigenvalue weighted by molar-refractivity contribution is 0.0696. The normalized spacial score (nSPS) is 20.1. The topological polar surface area (TPSA) is 55.8 Å². The summed E-state index contributed by atoms with van der Waals surface area (Å²) >= 11 is 0. The quantitative estimate of drug-likeness (QED) is 0.818. The van der Waals surface area contributed by atoms with Crippen LogP contribution >= 0.6 is 0 Å². The van der Waals surface area contributed by atoms with E-state index in [-0.39, 0.29) is 11.7 Å². The summed E-state index contributed by atoms with van der Waals surface area (Å²) < 4.78 is 10.7. The van der Waals surface area contributed by atoms with Gasteiger partial charge < -0.3 is 14.6 Å². The van der Waals surface area contributed by atoms with Gasteiger partial charge in [0.2, 0.25) is 0 Å². The molecule has 80 valence electrons. The molecular weight excluding hydrogens is 196 g/mol. The van der Waals surface area contributed by atoms with E-state index in [2.05, 4.69) is 0 Å². The first-order valence-electron chi connectivity index (χ1n) is 4.83. The van der Waals surface area contributed by atoms with Crippen LogP contribution in [-0.2, 0) is 4.74 Å². The Kier molecular flexibility index (Phi) is 2.87. The first kappa shape index (κ1) is 9.98. The highest BCUT2D eigenvalue weighted by atomic mass is 16.5. The molecule has 1 N–H and O–H groups in total. The monoisotopic (exact) mass is 208 g/mol. The highest BCUT2D eigenvalue weighted by Crippen LogP contribution is 2.18. The van der Waals surface area contributed by atoms with Crippen molar-refractivity contribution in [3.63, 3.8) is 0 Å². The molecule has 0 saturated carbocycles. The molecule has 0 radical (unpaired) electrons. The Bertz CT molecular complexity index is 355. The van der Waals surface area contributed by atoms with Crippen LogP contribution < -0.4 is 4.74 Å². The molecule has 1 aliphatic heterocycles. The second-order valence-corrected chi connectivity index (χ2v) is 3.44. The molecule has 1 unspecified atom stereocenters. The Morgan fingerprint density at radius 3 is 3.07 bits per heavy atom. The fourth-order valence-electron chi connectivity index (χ4n) is 1.50. The van der Waals surface area contributed by atoms with E-state index in [0.717, 1.165) is 6.42 Å². The predicted molar refractivity (Wildman–Crippen MR) is 53.3 cm³/mol. The van der Waals surface area contributed by atoms with E-state index in [1.807, 2.05) is 0 Å². The van der Waals surface area contributed by atoms with Gasteiger partial charge in [-0.05, 0) is 18.2 Å². The molecular formula is C11H12O4. The Balaban J connectivity index is 2.07. The fraction of sp³-hybridized carbons (Fsp3) is 0.364. The first-order chi connectivity index (χ1) is 7.25. The molecule has 4 heteroatoms. The lowest BCUT2D eigenvalue weighted by Gasteiger charge is -2.11. The van der Waals surface area contributed by atoms with E-state index >= 15 is 0 Å². The van der Waals surface area contributed by atoms with Crippen LogP contribution in [0.1, 0.15) is 16.8 Å². The summed E-state index contributed by atoms with van der Waals surface area (Å²) in [4.78, 5) is 10.7.